The summed E-state index contributed by atoms with van der Waals surface area (Å²) >= 11 is 0. The van der Waals surface area contributed by atoms with Crippen LogP contribution < -0.4 is 5.84 Å². The molecule has 0 atom stereocenters. The Balaban J connectivity index is 0.000000291. The average molecular weight is 127 g/mol. The number of nitrogen functional groups attached to an aromatic ring is 1. The van der Waals surface area contributed by atoms with Crippen molar-refractivity contribution in [3.05, 3.63) is 18.2 Å². The molecule has 0 unspecified atom stereocenters. The van der Waals surface area contributed by atoms with Gasteiger partial charge in [0.1, 0.15) is 6.33 Å². The standard InChI is InChI=1S/C4H7N3.C2H6/c1-4-2-7(5)3-6-4;1-2/h2-3H,5H2,1H3;1-2H3. The Labute approximate surface area is 55.5 Å². The highest BCUT2D eigenvalue weighted by Gasteiger charge is 1.82. The van der Waals surface area contributed by atoms with Crippen molar-refractivity contribution in [1.29, 1.82) is 0 Å². The highest BCUT2D eigenvalue weighted by atomic mass is 15.3. The second-order valence-corrected chi connectivity index (χ2v) is 1.46. The fraction of sp³-hybridized carbons (Fsp3) is 0.500. The smallest absolute Gasteiger partial charge is 0.114 e. The summed E-state index contributed by atoms with van der Waals surface area (Å²) < 4.78 is 1.43. The largest absolute Gasteiger partial charge is 0.338 e. The first-order valence-electron chi connectivity index (χ1n) is 3.05. The number of aryl methyl sites for hydroxylation is 1. The van der Waals surface area contributed by atoms with Crippen LogP contribution >= 0.6 is 0 Å². The fourth-order valence-corrected chi connectivity index (χ4v) is 0.440. The molecule has 2 N–H and O–H groups in total. The summed E-state index contributed by atoms with van der Waals surface area (Å²) in [6.07, 6.45) is 3.31. The lowest BCUT2D eigenvalue weighted by Crippen LogP contribution is -2.02. The molecule has 3 nitrogen and oxygen atoms in total. The van der Waals surface area contributed by atoms with Crippen LogP contribution in [0.5, 0.6) is 0 Å². The van der Waals surface area contributed by atoms with Crippen LogP contribution in [0, 0.1) is 6.92 Å². The van der Waals surface area contributed by atoms with Gasteiger partial charge in [0.25, 0.3) is 0 Å². The Morgan fingerprint density at radius 2 is 2.11 bits per heavy atom. The van der Waals surface area contributed by atoms with E-state index in [9.17, 15) is 0 Å². The van der Waals surface area contributed by atoms with Crippen LogP contribution in [-0.2, 0) is 0 Å². The van der Waals surface area contributed by atoms with Crippen molar-refractivity contribution in [1.82, 2.24) is 9.66 Å². The molecule has 0 aliphatic carbocycles. The van der Waals surface area contributed by atoms with E-state index in [0.29, 0.717) is 0 Å². The molecule has 3 heteroatoms. The first-order chi connectivity index (χ1) is 4.29. The van der Waals surface area contributed by atoms with Crippen LogP contribution in [0.15, 0.2) is 12.5 Å². The first kappa shape index (κ1) is 8.01. The summed E-state index contributed by atoms with van der Waals surface area (Å²) in [4.78, 5) is 3.85. The van der Waals surface area contributed by atoms with Crippen LogP contribution in [0.2, 0.25) is 0 Å². The zero-order valence-corrected chi connectivity index (χ0v) is 6.13. The predicted molar refractivity (Wildman–Crippen MR) is 38.5 cm³/mol. The minimum absolute atomic E-state index is 0.947. The van der Waals surface area contributed by atoms with Crippen molar-refractivity contribution in [2.24, 2.45) is 0 Å². The minimum Gasteiger partial charge on any atom is -0.338 e. The predicted octanol–water partition coefficient (Wildman–Crippen LogP) is 0.932. The van der Waals surface area contributed by atoms with Gasteiger partial charge in [-0.2, -0.15) is 0 Å². The normalized spacial score (nSPS) is 7.89. The number of aromatic nitrogens is 2. The monoisotopic (exact) mass is 127 g/mol. The molecule has 1 rings (SSSR count). The van der Waals surface area contributed by atoms with E-state index >= 15 is 0 Å². The van der Waals surface area contributed by atoms with Gasteiger partial charge in [-0.15, -0.1) is 0 Å². The molecular formula is C6H13N3. The second-order valence-electron chi connectivity index (χ2n) is 1.46. The van der Waals surface area contributed by atoms with Gasteiger partial charge in [0.15, 0.2) is 0 Å². The summed E-state index contributed by atoms with van der Waals surface area (Å²) in [5.74, 6) is 5.23. The van der Waals surface area contributed by atoms with Crippen LogP contribution in [0.1, 0.15) is 19.5 Å². The third kappa shape index (κ3) is 2.74. The number of imidazole rings is 1. The lowest BCUT2D eigenvalue weighted by molar-refractivity contribution is 1.000. The maximum atomic E-state index is 5.23. The van der Waals surface area contributed by atoms with Gasteiger partial charge in [-0.25, -0.2) is 4.98 Å². The minimum atomic E-state index is 0.947. The lowest BCUT2D eigenvalue weighted by Gasteiger charge is -1.80. The molecule has 0 aliphatic rings. The average Bonchev–Trinajstić information content (AvgIpc) is 2.20. The molecule has 1 aromatic heterocycles. The molecule has 1 heterocycles. The number of nitrogens with zero attached hydrogens (tertiary/aromatic N) is 2. The molecule has 0 amide bonds. The molecule has 0 spiro atoms. The maximum Gasteiger partial charge on any atom is 0.114 e. The van der Waals surface area contributed by atoms with Gasteiger partial charge < -0.3 is 5.84 Å². The summed E-state index contributed by atoms with van der Waals surface area (Å²) in [5.41, 5.74) is 0.947. The number of hydrogen-bond acceptors (Lipinski definition) is 2. The van der Waals surface area contributed by atoms with Crippen LogP contribution in [0.4, 0.5) is 0 Å². The molecule has 0 fully saturated rings. The van der Waals surface area contributed by atoms with Gasteiger partial charge >= 0.3 is 0 Å². The Bertz CT molecular complexity index is 141. The number of rotatable bonds is 0. The molecule has 52 valence electrons. The molecule has 0 aromatic carbocycles. The molecule has 0 radical (unpaired) electrons. The zero-order chi connectivity index (χ0) is 7.28. The van der Waals surface area contributed by atoms with Gasteiger partial charge in [0, 0.05) is 6.20 Å². The SMILES string of the molecule is CC.Cc1cn(N)cn1. The molecule has 0 saturated carbocycles. The second kappa shape index (κ2) is 3.95. The molecular weight excluding hydrogens is 114 g/mol. The van der Waals surface area contributed by atoms with E-state index in [1.54, 1.807) is 12.5 Å². The molecule has 1 aromatic rings. The highest BCUT2D eigenvalue weighted by molar-refractivity contribution is 4.91. The molecule has 0 bridgehead atoms. The van der Waals surface area contributed by atoms with Gasteiger partial charge in [-0.1, -0.05) is 13.8 Å². The third-order valence-corrected chi connectivity index (χ3v) is 0.731. The highest BCUT2D eigenvalue weighted by Crippen LogP contribution is 1.84. The summed E-state index contributed by atoms with van der Waals surface area (Å²) in [5, 5.41) is 0. The first-order valence-corrected chi connectivity index (χ1v) is 3.05. The van der Waals surface area contributed by atoms with Gasteiger partial charge in [-0.3, -0.25) is 4.68 Å². The Morgan fingerprint density at radius 1 is 1.56 bits per heavy atom. The van der Waals surface area contributed by atoms with Gasteiger partial charge in [-0.05, 0) is 6.92 Å². The van der Waals surface area contributed by atoms with E-state index < -0.39 is 0 Å². The van der Waals surface area contributed by atoms with E-state index in [-0.39, 0.29) is 0 Å². The van der Waals surface area contributed by atoms with Crippen molar-refractivity contribution < 1.29 is 0 Å². The van der Waals surface area contributed by atoms with Crippen molar-refractivity contribution in [2.45, 2.75) is 20.8 Å². The van der Waals surface area contributed by atoms with Crippen molar-refractivity contribution in [2.75, 3.05) is 5.84 Å². The quantitative estimate of drug-likeness (QED) is 0.527. The Kier molecular flexibility index (Phi) is 3.51. The summed E-state index contributed by atoms with van der Waals surface area (Å²) in [6.45, 7) is 5.89. The van der Waals surface area contributed by atoms with E-state index in [1.807, 2.05) is 20.8 Å². The van der Waals surface area contributed by atoms with Crippen molar-refractivity contribution in [3.63, 3.8) is 0 Å². The van der Waals surface area contributed by atoms with E-state index in [4.69, 9.17) is 5.84 Å². The molecule has 0 aliphatic heterocycles. The van der Waals surface area contributed by atoms with Gasteiger partial charge in [0.05, 0.1) is 5.69 Å². The molecule has 9 heavy (non-hydrogen) atoms. The molecule has 0 saturated heterocycles. The topological polar surface area (TPSA) is 43.8 Å². The number of hydrogen-bond donors (Lipinski definition) is 1. The lowest BCUT2D eigenvalue weighted by atomic mass is 10.6. The number of nitrogens with two attached hydrogens (primary N) is 1. The Hall–Kier alpha value is -0.990. The summed E-state index contributed by atoms with van der Waals surface area (Å²) in [7, 11) is 0. The van der Waals surface area contributed by atoms with Crippen molar-refractivity contribution >= 4 is 0 Å². The van der Waals surface area contributed by atoms with Crippen LogP contribution in [0.25, 0.3) is 0 Å². The van der Waals surface area contributed by atoms with Crippen molar-refractivity contribution in [3.8, 4) is 0 Å². The van der Waals surface area contributed by atoms with Crippen LogP contribution in [0.3, 0.4) is 0 Å². The van der Waals surface area contributed by atoms with Crippen LogP contribution in [-0.4, -0.2) is 9.66 Å². The van der Waals surface area contributed by atoms with E-state index in [0.717, 1.165) is 5.69 Å². The Morgan fingerprint density at radius 3 is 2.22 bits per heavy atom. The third-order valence-electron chi connectivity index (χ3n) is 0.731. The fourth-order valence-electron chi connectivity index (χ4n) is 0.440. The van der Waals surface area contributed by atoms with Gasteiger partial charge in [0.2, 0.25) is 0 Å². The summed E-state index contributed by atoms with van der Waals surface area (Å²) in [6, 6.07) is 0. The zero-order valence-electron chi connectivity index (χ0n) is 6.13. The van der Waals surface area contributed by atoms with E-state index in [1.165, 1.54) is 4.68 Å². The van der Waals surface area contributed by atoms with E-state index in [2.05, 4.69) is 4.98 Å². The maximum absolute atomic E-state index is 5.23.